The normalized spacial score (nSPS) is 16.4. The van der Waals surface area contributed by atoms with Crippen LogP contribution in [0.5, 0.6) is 11.5 Å². The van der Waals surface area contributed by atoms with Gasteiger partial charge in [-0.2, -0.15) is 5.10 Å². The zero-order valence-electron chi connectivity index (χ0n) is 14.6. The lowest BCUT2D eigenvalue weighted by atomic mass is 10.2. The van der Waals surface area contributed by atoms with E-state index in [9.17, 15) is 10.1 Å². The topological polar surface area (TPSA) is 105 Å². The molecule has 0 bridgehead atoms. The highest BCUT2D eigenvalue weighted by molar-refractivity contribution is 5.59. The first-order valence-electron chi connectivity index (χ1n) is 8.48. The summed E-state index contributed by atoms with van der Waals surface area (Å²) in [6.45, 7) is 3.09. The third-order valence-corrected chi connectivity index (χ3v) is 4.35. The van der Waals surface area contributed by atoms with Gasteiger partial charge in [-0.15, -0.1) is 0 Å². The summed E-state index contributed by atoms with van der Waals surface area (Å²) in [5, 5.41) is 15.2. The Morgan fingerprint density at radius 1 is 1.37 bits per heavy atom. The van der Waals surface area contributed by atoms with Crippen LogP contribution in [0.25, 0.3) is 11.3 Å². The smallest absolute Gasteiger partial charge is 0.363 e. The summed E-state index contributed by atoms with van der Waals surface area (Å²) in [5.41, 5.74) is 2.05. The second-order valence-corrected chi connectivity index (χ2v) is 6.22. The van der Waals surface area contributed by atoms with E-state index in [0.29, 0.717) is 23.8 Å². The predicted octanol–water partition coefficient (Wildman–Crippen LogP) is 3.31. The van der Waals surface area contributed by atoms with E-state index in [1.165, 1.54) is 6.07 Å². The molecular weight excluding hydrogens is 350 g/mol. The Balaban J connectivity index is 1.55. The summed E-state index contributed by atoms with van der Waals surface area (Å²) in [7, 11) is 0. The fourth-order valence-corrected chi connectivity index (χ4v) is 2.90. The molecule has 0 aromatic carbocycles. The Morgan fingerprint density at radius 3 is 3.00 bits per heavy atom. The number of nitrogens with zero attached hydrogens (tertiary/aromatic N) is 5. The van der Waals surface area contributed by atoms with Crippen molar-refractivity contribution in [2.45, 2.75) is 19.4 Å². The maximum atomic E-state index is 10.8. The van der Waals surface area contributed by atoms with E-state index < -0.39 is 4.92 Å². The molecule has 4 rings (SSSR count). The van der Waals surface area contributed by atoms with Crippen LogP contribution < -0.4 is 4.74 Å². The van der Waals surface area contributed by atoms with Gasteiger partial charge in [0.15, 0.2) is 11.4 Å². The monoisotopic (exact) mass is 367 g/mol. The SMILES string of the molecule is Cc1nc([N+](=O)[O-])ccc1Oc1ccnc(-c2cnn([C@H]3CCOC3)c2)c1. The molecule has 4 heterocycles. The number of rotatable bonds is 5. The summed E-state index contributed by atoms with van der Waals surface area (Å²) in [6, 6.07) is 6.64. The van der Waals surface area contributed by atoms with Gasteiger partial charge in [-0.3, -0.25) is 9.67 Å². The number of hydrogen-bond donors (Lipinski definition) is 0. The number of aromatic nitrogens is 4. The van der Waals surface area contributed by atoms with Crippen LogP contribution in [-0.4, -0.2) is 37.9 Å². The number of pyridine rings is 2. The lowest BCUT2D eigenvalue weighted by Gasteiger charge is -2.08. The van der Waals surface area contributed by atoms with Crippen LogP contribution in [0.1, 0.15) is 18.2 Å². The number of nitro groups is 1. The van der Waals surface area contributed by atoms with Crippen molar-refractivity contribution in [1.82, 2.24) is 19.7 Å². The molecule has 0 aliphatic carbocycles. The van der Waals surface area contributed by atoms with Gasteiger partial charge in [-0.05, 0) is 28.5 Å². The Labute approximate surface area is 154 Å². The third-order valence-electron chi connectivity index (χ3n) is 4.35. The Hall–Kier alpha value is -3.33. The first kappa shape index (κ1) is 17.1. The molecular formula is C18H17N5O4. The summed E-state index contributed by atoms with van der Waals surface area (Å²) in [6.07, 6.45) is 6.31. The standard InChI is InChI=1S/C18H17N5O4/c1-12-17(2-3-18(21-12)23(24)25)27-15-4-6-19-16(8-15)13-9-20-22(10-13)14-5-7-26-11-14/h2-4,6,8-10,14H,5,7,11H2,1H3/t14-/m0/s1. The van der Waals surface area contributed by atoms with Crippen LogP contribution in [0.3, 0.4) is 0 Å². The van der Waals surface area contributed by atoms with Crippen LogP contribution >= 0.6 is 0 Å². The highest BCUT2D eigenvalue weighted by atomic mass is 16.6. The minimum Gasteiger partial charge on any atom is -0.453 e. The minimum atomic E-state index is -0.533. The molecule has 0 spiro atoms. The van der Waals surface area contributed by atoms with Crippen LogP contribution in [0, 0.1) is 17.0 Å². The second kappa shape index (κ2) is 7.12. The van der Waals surface area contributed by atoms with E-state index in [4.69, 9.17) is 9.47 Å². The summed E-state index contributed by atoms with van der Waals surface area (Å²) in [4.78, 5) is 18.6. The van der Waals surface area contributed by atoms with Crippen LogP contribution in [0.2, 0.25) is 0 Å². The van der Waals surface area contributed by atoms with E-state index in [1.807, 2.05) is 10.9 Å². The molecule has 138 valence electrons. The minimum absolute atomic E-state index is 0.210. The van der Waals surface area contributed by atoms with Crippen molar-refractivity contribution in [1.29, 1.82) is 0 Å². The highest BCUT2D eigenvalue weighted by Crippen LogP contribution is 2.29. The van der Waals surface area contributed by atoms with Crippen molar-refractivity contribution in [3.63, 3.8) is 0 Å². The first-order chi connectivity index (χ1) is 13.1. The van der Waals surface area contributed by atoms with Crippen molar-refractivity contribution < 1.29 is 14.4 Å². The van der Waals surface area contributed by atoms with E-state index >= 15 is 0 Å². The average molecular weight is 367 g/mol. The molecule has 1 fully saturated rings. The van der Waals surface area contributed by atoms with Crippen molar-refractivity contribution in [3.05, 3.63) is 58.7 Å². The van der Waals surface area contributed by atoms with Gasteiger partial charge in [0.05, 0.1) is 24.5 Å². The number of aryl methyl sites for hydroxylation is 1. The zero-order valence-corrected chi connectivity index (χ0v) is 14.6. The molecule has 1 aliphatic rings. The predicted molar refractivity (Wildman–Crippen MR) is 95.6 cm³/mol. The molecule has 0 radical (unpaired) electrons. The van der Waals surface area contributed by atoms with E-state index in [2.05, 4.69) is 15.1 Å². The van der Waals surface area contributed by atoms with Gasteiger partial charge >= 0.3 is 5.82 Å². The van der Waals surface area contributed by atoms with Crippen molar-refractivity contribution in [3.8, 4) is 22.8 Å². The van der Waals surface area contributed by atoms with E-state index in [0.717, 1.165) is 24.3 Å². The molecule has 0 unspecified atom stereocenters. The summed E-state index contributed by atoms with van der Waals surface area (Å²) >= 11 is 0. The van der Waals surface area contributed by atoms with Gasteiger partial charge in [0, 0.05) is 43.6 Å². The van der Waals surface area contributed by atoms with Gasteiger partial charge in [0.2, 0.25) is 0 Å². The van der Waals surface area contributed by atoms with Crippen LogP contribution in [0.4, 0.5) is 5.82 Å². The summed E-state index contributed by atoms with van der Waals surface area (Å²) < 4.78 is 13.1. The third kappa shape index (κ3) is 3.63. The zero-order chi connectivity index (χ0) is 18.8. The largest absolute Gasteiger partial charge is 0.453 e. The maximum Gasteiger partial charge on any atom is 0.363 e. The van der Waals surface area contributed by atoms with Crippen molar-refractivity contribution in [2.24, 2.45) is 0 Å². The Kier molecular flexibility index (Phi) is 4.51. The van der Waals surface area contributed by atoms with Gasteiger partial charge in [-0.25, -0.2) is 0 Å². The Bertz CT molecular complexity index is 981. The van der Waals surface area contributed by atoms with E-state index in [1.54, 1.807) is 37.5 Å². The van der Waals surface area contributed by atoms with Crippen LogP contribution in [-0.2, 0) is 4.74 Å². The first-order valence-corrected chi connectivity index (χ1v) is 8.48. The molecule has 9 nitrogen and oxygen atoms in total. The lowest BCUT2D eigenvalue weighted by Crippen LogP contribution is -2.08. The second-order valence-electron chi connectivity index (χ2n) is 6.22. The van der Waals surface area contributed by atoms with Gasteiger partial charge < -0.3 is 19.6 Å². The fraction of sp³-hybridized carbons (Fsp3) is 0.278. The molecule has 1 atom stereocenters. The summed E-state index contributed by atoms with van der Waals surface area (Å²) in [5.74, 6) is 0.811. The van der Waals surface area contributed by atoms with Gasteiger partial charge in [0.1, 0.15) is 5.75 Å². The molecule has 9 heteroatoms. The molecule has 1 saturated heterocycles. The average Bonchev–Trinajstić information content (AvgIpc) is 3.35. The Morgan fingerprint density at radius 2 is 2.26 bits per heavy atom. The molecule has 0 saturated carbocycles. The number of hydrogen-bond acceptors (Lipinski definition) is 7. The molecule has 0 amide bonds. The quantitative estimate of drug-likeness (QED) is 0.503. The van der Waals surface area contributed by atoms with E-state index in [-0.39, 0.29) is 11.9 Å². The van der Waals surface area contributed by atoms with Crippen molar-refractivity contribution in [2.75, 3.05) is 13.2 Å². The van der Waals surface area contributed by atoms with Gasteiger partial charge in [-0.1, -0.05) is 0 Å². The molecule has 1 aliphatic heterocycles. The molecule has 3 aromatic heterocycles. The highest BCUT2D eigenvalue weighted by Gasteiger charge is 2.19. The lowest BCUT2D eigenvalue weighted by molar-refractivity contribution is -0.389. The maximum absolute atomic E-state index is 10.8. The molecule has 27 heavy (non-hydrogen) atoms. The van der Waals surface area contributed by atoms with Gasteiger partial charge in [0.25, 0.3) is 0 Å². The van der Waals surface area contributed by atoms with Crippen molar-refractivity contribution >= 4 is 5.82 Å². The molecule has 3 aromatic rings. The fourth-order valence-electron chi connectivity index (χ4n) is 2.90. The van der Waals surface area contributed by atoms with Crippen LogP contribution in [0.15, 0.2) is 42.9 Å². The number of ether oxygens (including phenoxy) is 2. The molecule has 0 N–H and O–H groups in total.